The van der Waals surface area contributed by atoms with Crippen LogP contribution in [0.15, 0.2) is 65.5 Å². The van der Waals surface area contributed by atoms with Gasteiger partial charge in [0, 0.05) is 24.1 Å². The number of amides is 1. The van der Waals surface area contributed by atoms with Crippen LogP contribution in [-0.4, -0.2) is 18.0 Å². The van der Waals surface area contributed by atoms with Crippen LogP contribution < -0.4 is 15.4 Å². The number of nitrogens with zero attached hydrogens (tertiary/aromatic N) is 1. The Morgan fingerprint density at radius 3 is 2.88 bits per heavy atom. The van der Waals surface area contributed by atoms with Gasteiger partial charge < -0.3 is 19.8 Å². The van der Waals surface area contributed by atoms with Crippen molar-refractivity contribution in [3.63, 3.8) is 0 Å². The second kappa shape index (κ2) is 7.32. The number of hydrogen-bond donors (Lipinski definition) is 2. The molecule has 6 nitrogen and oxygen atoms in total. The van der Waals surface area contributed by atoms with E-state index in [-0.39, 0.29) is 5.91 Å². The van der Waals surface area contributed by atoms with Crippen molar-refractivity contribution < 1.29 is 13.9 Å². The van der Waals surface area contributed by atoms with Crippen LogP contribution in [0.1, 0.15) is 16.1 Å². The third-order valence-corrected chi connectivity index (χ3v) is 3.37. The first-order chi connectivity index (χ1) is 11.7. The Morgan fingerprint density at radius 1 is 1.17 bits per heavy atom. The summed E-state index contributed by atoms with van der Waals surface area (Å²) in [5, 5.41) is 5.99. The lowest BCUT2D eigenvalue weighted by Crippen LogP contribution is -2.12. The summed E-state index contributed by atoms with van der Waals surface area (Å²) in [4.78, 5) is 16.5. The number of ether oxygens (including phenoxy) is 1. The maximum atomic E-state index is 12.4. The Hall–Kier alpha value is -3.28. The van der Waals surface area contributed by atoms with Crippen molar-refractivity contribution in [3.05, 3.63) is 72.4 Å². The van der Waals surface area contributed by atoms with Crippen molar-refractivity contribution in [1.82, 2.24) is 4.98 Å². The molecule has 0 atom stereocenters. The lowest BCUT2D eigenvalue weighted by molar-refractivity contribution is 0.102. The van der Waals surface area contributed by atoms with Gasteiger partial charge in [0.15, 0.2) is 0 Å². The van der Waals surface area contributed by atoms with E-state index in [0.717, 1.165) is 11.4 Å². The number of furan rings is 1. The zero-order chi connectivity index (χ0) is 16.8. The second-order valence-electron chi connectivity index (χ2n) is 5.08. The molecule has 6 heteroatoms. The highest BCUT2D eigenvalue weighted by Gasteiger charge is 2.08. The summed E-state index contributed by atoms with van der Waals surface area (Å²) in [6, 6.07) is 12.6. The van der Waals surface area contributed by atoms with E-state index in [1.807, 2.05) is 24.3 Å². The highest BCUT2D eigenvalue weighted by molar-refractivity contribution is 6.04. The maximum Gasteiger partial charge on any atom is 0.257 e. The van der Waals surface area contributed by atoms with Gasteiger partial charge in [0.2, 0.25) is 0 Å². The number of carbonyl (C=O) groups excluding carboxylic acids is 1. The molecule has 0 aliphatic rings. The van der Waals surface area contributed by atoms with Gasteiger partial charge in [0.25, 0.3) is 5.91 Å². The zero-order valence-electron chi connectivity index (χ0n) is 13.2. The molecule has 0 saturated heterocycles. The summed E-state index contributed by atoms with van der Waals surface area (Å²) >= 11 is 0. The van der Waals surface area contributed by atoms with Gasteiger partial charge in [0.1, 0.15) is 11.5 Å². The van der Waals surface area contributed by atoms with E-state index < -0.39 is 0 Å². The molecule has 0 unspecified atom stereocenters. The average Bonchev–Trinajstić information content (AvgIpc) is 3.14. The molecular formula is C18H17N3O3. The Bertz CT molecular complexity index is 816. The number of rotatable bonds is 6. The number of benzene rings is 1. The predicted molar refractivity (Wildman–Crippen MR) is 91.2 cm³/mol. The summed E-state index contributed by atoms with van der Waals surface area (Å²) in [5.74, 6) is 1.25. The highest BCUT2D eigenvalue weighted by Crippen LogP contribution is 2.18. The summed E-state index contributed by atoms with van der Waals surface area (Å²) in [5.41, 5.74) is 1.86. The predicted octanol–water partition coefficient (Wildman–Crippen LogP) is 3.55. The van der Waals surface area contributed by atoms with Gasteiger partial charge in [0.05, 0.1) is 31.2 Å². The number of methoxy groups -OCH3 is 1. The molecule has 1 aromatic carbocycles. The number of nitrogens with one attached hydrogen (secondary N) is 2. The van der Waals surface area contributed by atoms with Crippen LogP contribution in [0, 0.1) is 0 Å². The van der Waals surface area contributed by atoms with Gasteiger partial charge in [-0.05, 0) is 30.3 Å². The molecule has 0 saturated carbocycles. The monoisotopic (exact) mass is 323 g/mol. The van der Waals surface area contributed by atoms with E-state index in [2.05, 4.69) is 15.6 Å². The topological polar surface area (TPSA) is 76.4 Å². The van der Waals surface area contributed by atoms with Crippen molar-refractivity contribution in [3.8, 4) is 5.75 Å². The fraction of sp³-hybridized carbons (Fsp3) is 0.111. The number of aromatic nitrogens is 1. The van der Waals surface area contributed by atoms with E-state index in [1.165, 1.54) is 6.20 Å². The lowest BCUT2D eigenvalue weighted by Gasteiger charge is -2.09. The van der Waals surface area contributed by atoms with E-state index in [0.29, 0.717) is 23.5 Å². The SMILES string of the molecule is COc1cccc(NC(=O)c2cncc(NCc3ccco3)c2)c1. The minimum atomic E-state index is -0.239. The van der Waals surface area contributed by atoms with Crippen LogP contribution in [0.4, 0.5) is 11.4 Å². The number of pyridine rings is 1. The van der Waals surface area contributed by atoms with Crippen LogP contribution in [0.2, 0.25) is 0 Å². The van der Waals surface area contributed by atoms with E-state index in [9.17, 15) is 4.79 Å². The van der Waals surface area contributed by atoms with Crippen LogP contribution in [0.3, 0.4) is 0 Å². The fourth-order valence-corrected chi connectivity index (χ4v) is 2.17. The molecule has 0 aliphatic carbocycles. The van der Waals surface area contributed by atoms with Crippen LogP contribution in [-0.2, 0) is 6.54 Å². The number of carbonyl (C=O) groups is 1. The molecule has 0 fully saturated rings. The lowest BCUT2D eigenvalue weighted by atomic mass is 10.2. The van der Waals surface area contributed by atoms with Crippen molar-refractivity contribution in [2.24, 2.45) is 0 Å². The minimum absolute atomic E-state index is 0.239. The first kappa shape index (κ1) is 15.6. The van der Waals surface area contributed by atoms with E-state index >= 15 is 0 Å². The first-order valence-corrected chi connectivity index (χ1v) is 7.41. The van der Waals surface area contributed by atoms with Gasteiger partial charge in [-0.15, -0.1) is 0 Å². The van der Waals surface area contributed by atoms with Gasteiger partial charge >= 0.3 is 0 Å². The average molecular weight is 323 g/mol. The molecule has 1 amide bonds. The molecule has 2 heterocycles. The van der Waals surface area contributed by atoms with Crippen molar-refractivity contribution in [2.45, 2.75) is 6.54 Å². The van der Waals surface area contributed by atoms with Gasteiger partial charge in [-0.3, -0.25) is 9.78 Å². The molecule has 0 bridgehead atoms. The van der Waals surface area contributed by atoms with Crippen molar-refractivity contribution in [2.75, 3.05) is 17.7 Å². The zero-order valence-corrected chi connectivity index (χ0v) is 13.2. The van der Waals surface area contributed by atoms with E-state index in [4.69, 9.17) is 9.15 Å². The molecule has 122 valence electrons. The fourth-order valence-electron chi connectivity index (χ4n) is 2.17. The standard InChI is InChI=1S/C18H17N3O3/c1-23-16-5-2-4-14(9-16)21-18(22)13-8-15(11-19-10-13)20-12-17-6-3-7-24-17/h2-11,20H,12H2,1H3,(H,21,22). The second-order valence-corrected chi connectivity index (χ2v) is 5.08. The minimum Gasteiger partial charge on any atom is -0.497 e. The van der Waals surface area contributed by atoms with E-state index in [1.54, 1.807) is 37.8 Å². The first-order valence-electron chi connectivity index (χ1n) is 7.41. The molecule has 3 aromatic rings. The van der Waals surface area contributed by atoms with Crippen molar-refractivity contribution in [1.29, 1.82) is 0 Å². The molecule has 0 spiro atoms. The quantitative estimate of drug-likeness (QED) is 0.725. The summed E-state index contributed by atoms with van der Waals surface area (Å²) < 4.78 is 10.4. The normalized spacial score (nSPS) is 10.2. The van der Waals surface area contributed by atoms with Gasteiger partial charge in [-0.1, -0.05) is 6.07 Å². The maximum absolute atomic E-state index is 12.4. The van der Waals surface area contributed by atoms with Gasteiger partial charge in [-0.25, -0.2) is 0 Å². The highest BCUT2D eigenvalue weighted by atomic mass is 16.5. The number of anilines is 2. The Kier molecular flexibility index (Phi) is 4.76. The molecule has 2 aromatic heterocycles. The molecule has 0 radical (unpaired) electrons. The summed E-state index contributed by atoms with van der Waals surface area (Å²) in [6.07, 6.45) is 4.80. The summed E-state index contributed by atoms with van der Waals surface area (Å²) in [6.45, 7) is 0.523. The van der Waals surface area contributed by atoms with Crippen molar-refractivity contribution >= 4 is 17.3 Å². The largest absolute Gasteiger partial charge is 0.497 e. The number of hydrogen-bond acceptors (Lipinski definition) is 5. The Morgan fingerprint density at radius 2 is 2.08 bits per heavy atom. The van der Waals surface area contributed by atoms with Crippen LogP contribution >= 0.6 is 0 Å². The smallest absolute Gasteiger partial charge is 0.257 e. The molecule has 2 N–H and O–H groups in total. The molecule has 24 heavy (non-hydrogen) atoms. The van der Waals surface area contributed by atoms with Crippen LogP contribution in [0.5, 0.6) is 5.75 Å². The molecular weight excluding hydrogens is 306 g/mol. The Labute approximate surface area is 139 Å². The van der Waals surface area contributed by atoms with Crippen LogP contribution in [0.25, 0.3) is 0 Å². The summed E-state index contributed by atoms with van der Waals surface area (Å²) in [7, 11) is 1.58. The molecule has 0 aliphatic heterocycles. The van der Waals surface area contributed by atoms with Gasteiger partial charge in [-0.2, -0.15) is 0 Å². The third kappa shape index (κ3) is 3.92. The molecule has 3 rings (SSSR count). The Balaban J connectivity index is 1.67. The third-order valence-electron chi connectivity index (χ3n) is 3.37.